The molecule has 1 fully saturated rings. The Hall–Kier alpha value is -0.350. The summed E-state index contributed by atoms with van der Waals surface area (Å²) in [6.07, 6.45) is 5.82. The maximum atomic E-state index is 11.5. The maximum absolute atomic E-state index is 11.5. The van der Waals surface area contributed by atoms with Crippen LogP contribution in [0.5, 0.6) is 0 Å². The van der Waals surface area contributed by atoms with Crippen LogP contribution in [0.15, 0.2) is 11.6 Å². The first-order valence-electron chi connectivity index (χ1n) is 5.73. The summed E-state index contributed by atoms with van der Waals surface area (Å²) in [5.74, 6) is 0.547. The quantitative estimate of drug-likeness (QED) is 0.746. The molecule has 0 spiro atoms. The van der Waals surface area contributed by atoms with E-state index in [2.05, 4.69) is 5.32 Å². The predicted molar refractivity (Wildman–Crippen MR) is 63.7 cm³/mol. The summed E-state index contributed by atoms with van der Waals surface area (Å²) in [5, 5.41) is 3.31. The molecular formula is C11H21NO2S. The standard InChI is InChI=1S/C11H21NO2S/c1-2-9-15(13,14)10-6-11-4-3-7-12-8-5-11/h6,12H,2-5,7-10H2,1H3/b11-6-. The van der Waals surface area contributed by atoms with E-state index >= 15 is 0 Å². The van der Waals surface area contributed by atoms with Gasteiger partial charge in [-0.2, -0.15) is 0 Å². The van der Waals surface area contributed by atoms with Crippen molar-refractivity contribution in [1.29, 1.82) is 0 Å². The van der Waals surface area contributed by atoms with Crippen molar-refractivity contribution in [2.24, 2.45) is 0 Å². The Kier molecular flexibility index (Phi) is 5.32. The van der Waals surface area contributed by atoms with Crippen LogP contribution in [0, 0.1) is 0 Å². The molecule has 1 heterocycles. The summed E-state index contributed by atoms with van der Waals surface area (Å²) < 4.78 is 23.0. The molecule has 0 bridgehead atoms. The van der Waals surface area contributed by atoms with Gasteiger partial charge in [-0.3, -0.25) is 0 Å². The molecule has 15 heavy (non-hydrogen) atoms. The zero-order valence-electron chi connectivity index (χ0n) is 9.46. The summed E-state index contributed by atoms with van der Waals surface area (Å²) in [5.41, 5.74) is 1.31. The summed E-state index contributed by atoms with van der Waals surface area (Å²) in [4.78, 5) is 0. The highest BCUT2D eigenvalue weighted by Gasteiger charge is 2.09. The second-order valence-corrected chi connectivity index (χ2v) is 6.31. The number of sulfone groups is 1. The van der Waals surface area contributed by atoms with E-state index in [4.69, 9.17) is 0 Å². The second kappa shape index (κ2) is 6.28. The first-order chi connectivity index (χ1) is 7.14. The summed E-state index contributed by atoms with van der Waals surface area (Å²) in [6, 6.07) is 0. The predicted octanol–water partition coefficient (Wildman–Crippen LogP) is 1.51. The van der Waals surface area contributed by atoms with Gasteiger partial charge < -0.3 is 5.32 Å². The summed E-state index contributed by atoms with van der Waals surface area (Å²) >= 11 is 0. The maximum Gasteiger partial charge on any atom is 0.153 e. The lowest BCUT2D eigenvalue weighted by Crippen LogP contribution is -2.13. The van der Waals surface area contributed by atoms with E-state index in [1.807, 2.05) is 13.0 Å². The van der Waals surface area contributed by atoms with Crippen LogP contribution < -0.4 is 5.32 Å². The van der Waals surface area contributed by atoms with Crippen molar-refractivity contribution < 1.29 is 8.42 Å². The Balaban J connectivity index is 2.48. The van der Waals surface area contributed by atoms with E-state index in [9.17, 15) is 8.42 Å². The van der Waals surface area contributed by atoms with E-state index < -0.39 is 9.84 Å². The van der Waals surface area contributed by atoms with Crippen molar-refractivity contribution >= 4 is 9.84 Å². The van der Waals surface area contributed by atoms with E-state index in [1.54, 1.807) is 0 Å². The van der Waals surface area contributed by atoms with Gasteiger partial charge in [0.25, 0.3) is 0 Å². The summed E-state index contributed by atoms with van der Waals surface area (Å²) in [6.45, 7) is 3.94. The molecule has 1 aliphatic heterocycles. The molecule has 0 aromatic rings. The fourth-order valence-corrected chi connectivity index (χ4v) is 3.06. The largest absolute Gasteiger partial charge is 0.316 e. The molecule has 0 saturated carbocycles. The Bertz CT molecular complexity index is 297. The first kappa shape index (κ1) is 12.7. The zero-order valence-corrected chi connectivity index (χ0v) is 10.3. The van der Waals surface area contributed by atoms with E-state index in [-0.39, 0.29) is 5.75 Å². The molecular weight excluding hydrogens is 210 g/mol. The molecule has 3 nitrogen and oxygen atoms in total. The molecule has 88 valence electrons. The Morgan fingerprint density at radius 2 is 2.13 bits per heavy atom. The minimum Gasteiger partial charge on any atom is -0.316 e. The molecule has 1 N–H and O–H groups in total. The highest BCUT2D eigenvalue weighted by Crippen LogP contribution is 2.12. The minimum atomic E-state index is -2.84. The van der Waals surface area contributed by atoms with E-state index in [0.717, 1.165) is 32.4 Å². The summed E-state index contributed by atoms with van der Waals surface area (Å²) in [7, 11) is -2.84. The molecule has 1 rings (SSSR count). The zero-order chi connectivity index (χ0) is 11.1. The van der Waals surface area contributed by atoms with Gasteiger partial charge in [-0.05, 0) is 38.8 Å². The highest BCUT2D eigenvalue weighted by atomic mass is 32.2. The van der Waals surface area contributed by atoms with Gasteiger partial charge in [-0.1, -0.05) is 18.6 Å². The Labute approximate surface area is 92.9 Å². The first-order valence-corrected chi connectivity index (χ1v) is 7.55. The molecule has 0 aliphatic carbocycles. The van der Waals surface area contributed by atoms with Crippen molar-refractivity contribution in [1.82, 2.24) is 5.32 Å². The number of hydrogen-bond donors (Lipinski definition) is 1. The van der Waals surface area contributed by atoms with Gasteiger partial charge in [-0.15, -0.1) is 0 Å². The average Bonchev–Trinajstić information content (AvgIpc) is 2.43. The molecule has 0 atom stereocenters. The van der Waals surface area contributed by atoms with Gasteiger partial charge in [0.1, 0.15) is 0 Å². The lowest BCUT2D eigenvalue weighted by atomic mass is 10.1. The molecule has 1 saturated heterocycles. The average molecular weight is 231 g/mol. The van der Waals surface area contributed by atoms with Crippen molar-refractivity contribution in [3.63, 3.8) is 0 Å². The van der Waals surface area contributed by atoms with Crippen LogP contribution in [-0.2, 0) is 9.84 Å². The minimum absolute atomic E-state index is 0.232. The van der Waals surface area contributed by atoms with Gasteiger partial charge >= 0.3 is 0 Å². The highest BCUT2D eigenvalue weighted by molar-refractivity contribution is 7.91. The third-order valence-electron chi connectivity index (χ3n) is 2.62. The number of rotatable bonds is 4. The van der Waals surface area contributed by atoms with Gasteiger partial charge in [0.2, 0.25) is 0 Å². The van der Waals surface area contributed by atoms with Crippen LogP contribution in [-0.4, -0.2) is 33.0 Å². The van der Waals surface area contributed by atoms with Crippen LogP contribution in [0.25, 0.3) is 0 Å². The van der Waals surface area contributed by atoms with Gasteiger partial charge in [0.05, 0.1) is 11.5 Å². The van der Waals surface area contributed by atoms with Crippen molar-refractivity contribution in [3.05, 3.63) is 11.6 Å². The molecule has 0 unspecified atom stereocenters. The molecule has 0 radical (unpaired) electrons. The number of nitrogens with one attached hydrogen (secondary N) is 1. The van der Waals surface area contributed by atoms with Crippen LogP contribution >= 0.6 is 0 Å². The van der Waals surface area contributed by atoms with Crippen LogP contribution in [0.4, 0.5) is 0 Å². The van der Waals surface area contributed by atoms with Crippen LogP contribution in [0.3, 0.4) is 0 Å². The lowest BCUT2D eigenvalue weighted by Gasteiger charge is -2.03. The normalized spacial score (nSPS) is 21.5. The van der Waals surface area contributed by atoms with Crippen LogP contribution in [0.2, 0.25) is 0 Å². The molecule has 0 aromatic carbocycles. The molecule has 1 aliphatic rings. The van der Waals surface area contributed by atoms with E-state index in [0.29, 0.717) is 12.2 Å². The van der Waals surface area contributed by atoms with Gasteiger partial charge in [-0.25, -0.2) is 8.42 Å². The Morgan fingerprint density at radius 1 is 1.33 bits per heavy atom. The molecule has 0 amide bonds. The van der Waals surface area contributed by atoms with Gasteiger partial charge in [0, 0.05) is 0 Å². The fourth-order valence-electron chi connectivity index (χ4n) is 1.78. The fraction of sp³-hybridized carbons (Fsp3) is 0.818. The number of hydrogen-bond acceptors (Lipinski definition) is 3. The smallest absolute Gasteiger partial charge is 0.153 e. The van der Waals surface area contributed by atoms with Crippen molar-refractivity contribution in [2.75, 3.05) is 24.6 Å². The third-order valence-corrected chi connectivity index (χ3v) is 4.32. The topological polar surface area (TPSA) is 46.2 Å². The van der Waals surface area contributed by atoms with Gasteiger partial charge in [0.15, 0.2) is 9.84 Å². The molecule has 0 aromatic heterocycles. The van der Waals surface area contributed by atoms with Crippen molar-refractivity contribution in [3.8, 4) is 0 Å². The third kappa shape index (κ3) is 5.33. The second-order valence-electron chi connectivity index (χ2n) is 4.08. The molecule has 4 heteroatoms. The van der Waals surface area contributed by atoms with Crippen molar-refractivity contribution in [2.45, 2.75) is 32.6 Å². The van der Waals surface area contributed by atoms with Crippen LogP contribution in [0.1, 0.15) is 32.6 Å². The lowest BCUT2D eigenvalue weighted by molar-refractivity contribution is 0.597. The monoisotopic (exact) mass is 231 g/mol. The SMILES string of the molecule is CCCS(=O)(=O)C/C=C1/CCCNCC1. The Morgan fingerprint density at radius 3 is 2.87 bits per heavy atom. The van der Waals surface area contributed by atoms with E-state index in [1.165, 1.54) is 5.57 Å².